The summed E-state index contributed by atoms with van der Waals surface area (Å²) in [5.74, 6) is 0. The molecule has 0 saturated carbocycles. The number of hydrogen-bond acceptors (Lipinski definition) is 0. The summed E-state index contributed by atoms with van der Waals surface area (Å²) >= 11 is 0. The summed E-state index contributed by atoms with van der Waals surface area (Å²) in [4.78, 5) is 0. The van der Waals surface area contributed by atoms with Crippen LogP contribution in [0.1, 0.15) is 34.1 Å². The molecule has 0 spiro atoms. The SMILES string of the molecule is C=CC(=C/C(=C\C)CC)/C(C)=C\C. The molecule has 0 aliphatic carbocycles. The second-order valence-electron chi connectivity index (χ2n) is 2.99. The summed E-state index contributed by atoms with van der Waals surface area (Å²) in [6.45, 7) is 12.2. The first-order valence-corrected chi connectivity index (χ1v) is 4.82. The van der Waals surface area contributed by atoms with Crippen LogP contribution in [0.5, 0.6) is 0 Å². The average molecular weight is 176 g/mol. The van der Waals surface area contributed by atoms with Crippen molar-refractivity contribution in [3.05, 3.63) is 47.6 Å². The minimum Gasteiger partial charge on any atom is -0.0985 e. The monoisotopic (exact) mass is 176 g/mol. The van der Waals surface area contributed by atoms with Gasteiger partial charge in [-0.2, -0.15) is 0 Å². The largest absolute Gasteiger partial charge is 0.0985 e. The second-order valence-corrected chi connectivity index (χ2v) is 2.99. The molecule has 0 atom stereocenters. The molecule has 0 heterocycles. The van der Waals surface area contributed by atoms with E-state index in [1.54, 1.807) is 0 Å². The van der Waals surface area contributed by atoms with Crippen molar-refractivity contribution in [1.29, 1.82) is 0 Å². The van der Waals surface area contributed by atoms with Crippen molar-refractivity contribution < 1.29 is 0 Å². The minimum atomic E-state index is 1.07. The van der Waals surface area contributed by atoms with Crippen molar-refractivity contribution in [2.45, 2.75) is 34.1 Å². The maximum atomic E-state index is 3.82. The predicted octanol–water partition coefficient (Wildman–Crippen LogP) is 4.42. The number of rotatable bonds is 4. The lowest BCUT2D eigenvalue weighted by Gasteiger charge is -2.03. The van der Waals surface area contributed by atoms with Crippen LogP contribution < -0.4 is 0 Å². The lowest BCUT2D eigenvalue weighted by molar-refractivity contribution is 1.13. The highest BCUT2D eigenvalue weighted by Crippen LogP contribution is 2.14. The fraction of sp³-hybridized carbons (Fsp3) is 0.385. The van der Waals surface area contributed by atoms with Gasteiger partial charge in [0.05, 0.1) is 0 Å². The first kappa shape index (κ1) is 12.0. The van der Waals surface area contributed by atoms with E-state index in [-0.39, 0.29) is 0 Å². The Hall–Kier alpha value is -1.04. The molecule has 0 aromatic carbocycles. The quantitative estimate of drug-likeness (QED) is 0.556. The van der Waals surface area contributed by atoms with E-state index in [9.17, 15) is 0 Å². The van der Waals surface area contributed by atoms with E-state index in [2.05, 4.69) is 45.6 Å². The third kappa shape index (κ3) is 3.93. The van der Waals surface area contributed by atoms with Crippen LogP contribution >= 0.6 is 0 Å². The van der Waals surface area contributed by atoms with Gasteiger partial charge in [0.15, 0.2) is 0 Å². The first-order valence-electron chi connectivity index (χ1n) is 4.82. The van der Waals surface area contributed by atoms with Crippen molar-refractivity contribution in [1.82, 2.24) is 0 Å². The molecule has 0 nitrogen and oxygen atoms in total. The van der Waals surface area contributed by atoms with Gasteiger partial charge in [0, 0.05) is 0 Å². The fourth-order valence-corrected chi connectivity index (χ4v) is 1.09. The molecule has 0 amide bonds. The normalized spacial score (nSPS) is 14.6. The molecule has 0 unspecified atom stereocenters. The maximum absolute atomic E-state index is 3.82. The lowest BCUT2D eigenvalue weighted by atomic mass is 10.0. The van der Waals surface area contributed by atoms with Gasteiger partial charge in [-0.05, 0) is 38.3 Å². The van der Waals surface area contributed by atoms with E-state index in [1.165, 1.54) is 16.7 Å². The number of hydrogen-bond donors (Lipinski definition) is 0. The molecule has 13 heavy (non-hydrogen) atoms. The van der Waals surface area contributed by atoms with Crippen molar-refractivity contribution in [2.24, 2.45) is 0 Å². The standard InChI is InChI=1S/C13H20/c1-6-11(5)13(9-4)10-12(7-2)8-3/h6-7,9-10H,4,8H2,1-3,5H3/b11-6-,12-7-,13-10-. The van der Waals surface area contributed by atoms with Crippen LogP contribution in [0.15, 0.2) is 47.6 Å². The van der Waals surface area contributed by atoms with Gasteiger partial charge < -0.3 is 0 Å². The zero-order valence-corrected chi connectivity index (χ0v) is 9.22. The van der Waals surface area contributed by atoms with Gasteiger partial charge in [-0.1, -0.05) is 43.4 Å². The lowest BCUT2D eigenvalue weighted by Crippen LogP contribution is -1.83. The Kier molecular flexibility index (Phi) is 5.96. The topological polar surface area (TPSA) is 0 Å². The van der Waals surface area contributed by atoms with Crippen LogP contribution in [0.3, 0.4) is 0 Å². The highest BCUT2D eigenvalue weighted by atomic mass is 14.0. The van der Waals surface area contributed by atoms with Gasteiger partial charge in [0.25, 0.3) is 0 Å². The molecular formula is C13H20. The summed E-state index contributed by atoms with van der Waals surface area (Å²) in [7, 11) is 0. The van der Waals surface area contributed by atoms with Crippen LogP contribution in [0.25, 0.3) is 0 Å². The Morgan fingerprint density at radius 3 is 2.15 bits per heavy atom. The summed E-state index contributed by atoms with van der Waals surface area (Å²) in [5, 5.41) is 0. The van der Waals surface area contributed by atoms with Crippen molar-refractivity contribution in [2.75, 3.05) is 0 Å². The molecule has 0 aliphatic rings. The summed E-state index contributed by atoms with van der Waals surface area (Å²) in [6, 6.07) is 0. The van der Waals surface area contributed by atoms with Crippen LogP contribution in [0, 0.1) is 0 Å². The summed E-state index contributed by atoms with van der Waals surface area (Å²) < 4.78 is 0. The van der Waals surface area contributed by atoms with Gasteiger partial charge in [-0.25, -0.2) is 0 Å². The Morgan fingerprint density at radius 2 is 1.85 bits per heavy atom. The van der Waals surface area contributed by atoms with Gasteiger partial charge in [-0.15, -0.1) is 0 Å². The molecule has 72 valence electrons. The first-order chi connectivity index (χ1) is 6.19. The van der Waals surface area contributed by atoms with Gasteiger partial charge in [0.1, 0.15) is 0 Å². The van der Waals surface area contributed by atoms with E-state index in [0.717, 1.165) is 6.42 Å². The molecule has 0 aromatic rings. The average Bonchev–Trinajstić information content (AvgIpc) is 2.19. The zero-order chi connectivity index (χ0) is 10.3. The summed E-state index contributed by atoms with van der Waals surface area (Å²) in [6.07, 6.45) is 9.44. The maximum Gasteiger partial charge on any atom is -0.0234 e. The van der Waals surface area contributed by atoms with Crippen molar-refractivity contribution in [3.8, 4) is 0 Å². The Labute approximate surface area is 82.4 Å². The van der Waals surface area contributed by atoms with Crippen molar-refractivity contribution in [3.63, 3.8) is 0 Å². The molecule has 0 bridgehead atoms. The van der Waals surface area contributed by atoms with Gasteiger partial charge in [-0.3, -0.25) is 0 Å². The third-order valence-corrected chi connectivity index (χ3v) is 2.23. The Morgan fingerprint density at radius 1 is 1.23 bits per heavy atom. The van der Waals surface area contributed by atoms with E-state index < -0.39 is 0 Å². The molecule has 0 aliphatic heterocycles. The molecular weight excluding hydrogens is 156 g/mol. The van der Waals surface area contributed by atoms with Crippen molar-refractivity contribution >= 4 is 0 Å². The molecule has 0 fully saturated rings. The molecule has 0 saturated heterocycles. The predicted molar refractivity (Wildman–Crippen MR) is 61.8 cm³/mol. The third-order valence-electron chi connectivity index (χ3n) is 2.23. The zero-order valence-electron chi connectivity index (χ0n) is 9.22. The van der Waals surface area contributed by atoms with E-state index >= 15 is 0 Å². The minimum absolute atomic E-state index is 1.07. The van der Waals surface area contributed by atoms with Crippen LogP contribution in [0.4, 0.5) is 0 Å². The fourth-order valence-electron chi connectivity index (χ4n) is 1.09. The molecule has 0 aromatic heterocycles. The molecule has 0 rings (SSSR count). The van der Waals surface area contributed by atoms with E-state index in [0.29, 0.717) is 0 Å². The highest BCUT2D eigenvalue weighted by Gasteiger charge is 1.94. The summed E-state index contributed by atoms with van der Waals surface area (Å²) in [5.41, 5.74) is 3.86. The Bertz CT molecular complexity index is 249. The van der Waals surface area contributed by atoms with Crippen LogP contribution in [-0.2, 0) is 0 Å². The van der Waals surface area contributed by atoms with Crippen LogP contribution in [0.2, 0.25) is 0 Å². The highest BCUT2D eigenvalue weighted by molar-refractivity contribution is 5.42. The smallest absolute Gasteiger partial charge is 0.0234 e. The number of allylic oxidation sites excluding steroid dienone is 7. The Balaban J connectivity index is 4.86. The van der Waals surface area contributed by atoms with Gasteiger partial charge in [0.2, 0.25) is 0 Å². The molecule has 0 N–H and O–H groups in total. The molecule has 0 heteroatoms. The molecule has 0 radical (unpaired) electrons. The van der Waals surface area contributed by atoms with Gasteiger partial charge >= 0.3 is 0 Å². The van der Waals surface area contributed by atoms with Crippen LogP contribution in [-0.4, -0.2) is 0 Å². The van der Waals surface area contributed by atoms with E-state index in [4.69, 9.17) is 0 Å². The second kappa shape index (κ2) is 6.47. The van der Waals surface area contributed by atoms with E-state index in [1.807, 2.05) is 13.0 Å².